The molecule has 15 heteroatoms. The van der Waals surface area contributed by atoms with E-state index in [1.165, 1.54) is 18.1 Å². The monoisotopic (exact) mass is 934 g/mol. The number of amides is 4. The Balaban J connectivity index is 1.06. The van der Waals surface area contributed by atoms with Crippen molar-refractivity contribution in [3.05, 3.63) is 113 Å². The summed E-state index contributed by atoms with van der Waals surface area (Å²) >= 11 is 0. The van der Waals surface area contributed by atoms with Gasteiger partial charge in [-0.2, -0.15) is 0 Å². The van der Waals surface area contributed by atoms with E-state index in [-0.39, 0.29) is 36.1 Å². The van der Waals surface area contributed by atoms with Crippen molar-refractivity contribution in [2.75, 3.05) is 36.7 Å². The van der Waals surface area contributed by atoms with Crippen molar-refractivity contribution in [2.24, 2.45) is 0 Å². The molecule has 4 aliphatic rings. The van der Waals surface area contributed by atoms with Crippen molar-refractivity contribution < 1.29 is 47.3 Å². The SMILES string of the molecule is C=CCOC(=O)N1c2cc(OCCCCCOc3cc4c(cc3OC)C(=O)N3C=C(C)C[C@H]3[C@H](C)N4C(=O)OCc3ccccc3)c(C)cc2C(=O)N2C=C(C)C[C@H]2[C@@H]1O[Si](C)(C)C(C)(C)C. The Morgan fingerprint density at radius 2 is 1.33 bits per heavy atom. The maximum atomic E-state index is 14.3. The third kappa shape index (κ3) is 10.1. The molecule has 4 heterocycles. The molecule has 0 saturated carbocycles. The fourth-order valence-corrected chi connectivity index (χ4v) is 10.1. The number of nitrogens with zero attached hydrogens (tertiary/aromatic N) is 4. The van der Waals surface area contributed by atoms with E-state index in [2.05, 4.69) is 40.4 Å². The van der Waals surface area contributed by atoms with Gasteiger partial charge in [0, 0.05) is 24.5 Å². The first-order valence-corrected chi connectivity index (χ1v) is 26.1. The lowest BCUT2D eigenvalue weighted by Crippen LogP contribution is -2.57. The summed E-state index contributed by atoms with van der Waals surface area (Å²) in [5, 5.41) is -0.179. The van der Waals surface area contributed by atoms with Crippen LogP contribution in [-0.4, -0.2) is 93.4 Å². The molecular formula is C52H66N4O10Si. The van der Waals surface area contributed by atoms with Crippen LogP contribution in [0.5, 0.6) is 17.2 Å². The highest BCUT2D eigenvalue weighted by Gasteiger charge is 2.51. The maximum absolute atomic E-state index is 14.3. The lowest BCUT2D eigenvalue weighted by atomic mass is 10.0. The van der Waals surface area contributed by atoms with E-state index in [1.807, 2.05) is 70.4 Å². The van der Waals surface area contributed by atoms with Crippen molar-refractivity contribution in [1.29, 1.82) is 0 Å². The Kier molecular flexibility index (Phi) is 14.6. The molecule has 3 aromatic rings. The molecule has 0 aliphatic carbocycles. The molecule has 4 aliphatic heterocycles. The van der Waals surface area contributed by atoms with Gasteiger partial charge in [-0.3, -0.25) is 14.5 Å². The number of fused-ring (bicyclic) bond motifs is 4. The third-order valence-corrected chi connectivity index (χ3v) is 18.0. The second kappa shape index (κ2) is 20.0. The molecule has 0 N–H and O–H groups in total. The summed E-state index contributed by atoms with van der Waals surface area (Å²) in [5.74, 6) is 0.878. The molecule has 4 amide bonds. The smallest absolute Gasteiger partial charge is 0.416 e. The highest BCUT2D eigenvalue weighted by atomic mass is 28.4. The third-order valence-electron chi connectivity index (χ3n) is 13.5. The number of benzene rings is 3. The number of rotatable bonds is 15. The first kappa shape index (κ1) is 48.9. The number of hydrogen-bond acceptors (Lipinski definition) is 10. The molecule has 0 fully saturated rings. The second-order valence-electron chi connectivity index (χ2n) is 19.5. The van der Waals surface area contributed by atoms with Gasteiger partial charge in [-0.15, -0.1) is 0 Å². The zero-order valence-corrected chi connectivity index (χ0v) is 41.7. The maximum Gasteiger partial charge on any atom is 0.416 e. The van der Waals surface area contributed by atoms with Gasteiger partial charge in [0.2, 0.25) is 0 Å². The minimum atomic E-state index is -2.51. The molecule has 358 valence electrons. The molecule has 0 saturated heterocycles. The second-order valence-corrected chi connectivity index (χ2v) is 24.2. The Morgan fingerprint density at radius 1 is 0.761 bits per heavy atom. The Hall–Kier alpha value is -6.06. The van der Waals surface area contributed by atoms with E-state index in [0.717, 1.165) is 28.7 Å². The summed E-state index contributed by atoms with van der Waals surface area (Å²) < 4.78 is 37.1. The molecule has 0 spiro atoms. The van der Waals surface area contributed by atoms with Gasteiger partial charge in [0.05, 0.1) is 61.0 Å². The zero-order valence-electron chi connectivity index (χ0n) is 40.7. The molecular weight excluding hydrogens is 869 g/mol. The molecule has 0 aromatic heterocycles. The van der Waals surface area contributed by atoms with Crippen molar-refractivity contribution in [2.45, 2.75) is 130 Å². The standard InChI is InChI=1S/C52H66N4O10Si/c1-12-21-64-51(60)56-42-28-44(35(4)26-38(42)47(57)54-31-34(3)25-43(54)49(56)66-67(10,11)52(6,7)8)62-22-17-14-18-23-63-46-29-41-39(27-45(46)61-9)48(58)53-30-33(2)24-40(53)36(5)55(41)50(59)65-32-37-19-15-13-16-20-37/h12-13,15-16,19-20,26-31,36,40,43,49H,1,14,17-18,21-25,32H2,2-11H3/t36-,40-,43-,49-/m0/s1. The Morgan fingerprint density at radius 3 is 1.96 bits per heavy atom. The molecule has 0 unspecified atom stereocenters. The quantitative estimate of drug-likeness (QED) is 0.0823. The van der Waals surface area contributed by atoms with Crippen LogP contribution < -0.4 is 24.0 Å². The molecule has 67 heavy (non-hydrogen) atoms. The molecule has 14 nitrogen and oxygen atoms in total. The zero-order chi connectivity index (χ0) is 48.4. The molecule has 3 aromatic carbocycles. The lowest BCUT2D eigenvalue weighted by Gasteiger charge is -2.44. The average Bonchev–Trinajstić information content (AvgIpc) is 3.85. The number of unbranched alkanes of at least 4 members (excludes halogenated alkanes) is 2. The average molecular weight is 935 g/mol. The predicted molar refractivity (Wildman–Crippen MR) is 260 cm³/mol. The predicted octanol–water partition coefficient (Wildman–Crippen LogP) is 10.9. The molecule has 4 atom stereocenters. The van der Waals surface area contributed by atoms with Crippen molar-refractivity contribution in [3.63, 3.8) is 0 Å². The fraction of sp³-hybridized carbons (Fsp3) is 0.462. The van der Waals surface area contributed by atoms with Crippen LogP contribution in [0.3, 0.4) is 0 Å². The van der Waals surface area contributed by atoms with Gasteiger partial charge in [-0.1, -0.05) is 74.9 Å². The first-order valence-electron chi connectivity index (χ1n) is 23.2. The minimum Gasteiger partial charge on any atom is -0.493 e. The summed E-state index contributed by atoms with van der Waals surface area (Å²) in [7, 11) is -0.982. The van der Waals surface area contributed by atoms with Crippen molar-refractivity contribution >= 4 is 43.7 Å². The molecule has 0 radical (unpaired) electrons. The normalized spacial score (nSPS) is 20.1. The van der Waals surface area contributed by atoms with Gasteiger partial charge in [-0.05, 0) is 101 Å². The van der Waals surface area contributed by atoms with E-state index >= 15 is 0 Å². The van der Waals surface area contributed by atoms with E-state index in [1.54, 1.807) is 39.0 Å². The van der Waals surface area contributed by atoms with Crippen molar-refractivity contribution in [1.82, 2.24) is 9.80 Å². The van der Waals surface area contributed by atoms with Crippen LogP contribution in [-0.2, 0) is 20.5 Å². The van der Waals surface area contributed by atoms with E-state index in [9.17, 15) is 19.2 Å². The van der Waals surface area contributed by atoms with Gasteiger partial charge in [0.1, 0.15) is 19.0 Å². The fourth-order valence-electron chi connectivity index (χ4n) is 8.87. The van der Waals surface area contributed by atoms with Gasteiger partial charge in [0.25, 0.3) is 11.8 Å². The van der Waals surface area contributed by atoms with Gasteiger partial charge in [0.15, 0.2) is 26.0 Å². The number of carbonyl (C=O) groups excluding carboxylic acids is 4. The van der Waals surface area contributed by atoms with E-state index in [4.69, 9.17) is 28.1 Å². The lowest BCUT2D eigenvalue weighted by molar-refractivity contribution is 0.0589. The minimum absolute atomic E-state index is 0.00681. The number of methoxy groups -OCH3 is 1. The largest absolute Gasteiger partial charge is 0.493 e. The van der Waals surface area contributed by atoms with Crippen LogP contribution in [0.2, 0.25) is 18.1 Å². The molecule has 7 rings (SSSR count). The van der Waals surface area contributed by atoms with E-state index < -0.39 is 38.8 Å². The van der Waals surface area contributed by atoms with Gasteiger partial charge in [-0.25, -0.2) is 14.5 Å². The highest BCUT2D eigenvalue weighted by Crippen LogP contribution is 2.45. The first-order chi connectivity index (χ1) is 31.8. The van der Waals surface area contributed by atoms with Gasteiger partial charge >= 0.3 is 12.2 Å². The highest BCUT2D eigenvalue weighted by molar-refractivity contribution is 6.74. The topological polar surface area (TPSA) is 137 Å². The van der Waals surface area contributed by atoms with E-state index in [0.29, 0.717) is 78.6 Å². The Bertz CT molecular complexity index is 2450. The number of ether oxygens (including phenoxy) is 5. The number of carbonyl (C=O) groups is 4. The van der Waals surface area contributed by atoms with Gasteiger partial charge < -0.3 is 37.9 Å². The Labute approximate surface area is 396 Å². The summed E-state index contributed by atoms with van der Waals surface area (Å²) in [4.78, 5) is 63.1. The summed E-state index contributed by atoms with van der Waals surface area (Å²) in [6.45, 7) is 23.0. The van der Waals surface area contributed by atoms with Crippen LogP contribution in [0, 0.1) is 6.92 Å². The van der Waals surface area contributed by atoms with Crippen molar-refractivity contribution in [3.8, 4) is 17.2 Å². The summed E-state index contributed by atoms with van der Waals surface area (Å²) in [6.07, 6.45) is 6.51. The number of aryl methyl sites for hydroxylation is 1. The van der Waals surface area contributed by atoms with Crippen LogP contribution in [0.4, 0.5) is 21.0 Å². The van der Waals surface area contributed by atoms with Crippen LogP contribution >= 0.6 is 0 Å². The number of hydrogen-bond donors (Lipinski definition) is 0. The van der Waals surface area contributed by atoms with Crippen LogP contribution in [0.15, 0.2) is 90.8 Å². The summed E-state index contributed by atoms with van der Waals surface area (Å²) in [6, 6.07) is 15.3. The van der Waals surface area contributed by atoms with Crippen LogP contribution in [0.25, 0.3) is 0 Å². The molecule has 0 bridgehead atoms. The summed E-state index contributed by atoms with van der Waals surface area (Å²) in [5.41, 5.74) is 5.13. The van der Waals surface area contributed by atoms with Crippen LogP contribution in [0.1, 0.15) is 105 Å². The number of anilines is 2.